The van der Waals surface area contributed by atoms with E-state index in [1.54, 1.807) is 26.0 Å². The van der Waals surface area contributed by atoms with E-state index in [-0.39, 0.29) is 22.7 Å². The van der Waals surface area contributed by atoms with E-state index >= 15 is 0 Å². The summed E-state index contributed by atoms with van der Waals surface area (Å²) in [5, 5.41) is 20.0. The average molecular weight is 363 g/mol. The van der Waals surface area contributed by atoms with Crippen LogP contribution in [0, 0.1) is 18.3 Å². The fourth-order valence-electron chi connectivity index (χ4n) is 2.10. The Balaban J connectivity index is 3.21. The lowest BCUT2D eigenvalue weighted by atomic mass is 10.1. The maximum Gasteiger partial charge on any atom is 0.278 e. The molecule has 3 N–H and O–H groups in total. The van der Waals surface area contributed by atoms with Gasteiger partial charge in [0, 0.05) is 22.8 Å². The monoisotopic (exact) mass is 362 g/mol. The molecule has 0 aliphatic carbocycles. The molecule has 0 amide bonds. The van der Waals surface area contributed by atoms with Crippen molar-refractivity contribution in [3.63, 3.8) is 0 Å². The first-order chi connectivity index (χ1) is 11.9. The molecule has 0 bridgehead atoms. The van der Waals surface area contributed by atoms with Gasteiger partial charge in [-0.1, -0.05) is 37.6 Å². The molecule has 1 aromatic rings. The Morgan fingerprint density at radius 2 is 2.16 bits per heavy atom. The largest absolute Gasteiger partial charge is 0.493 e. The van der Waals surface area contributed by atoms with Crippen molar-refractivity contribution in [2.45, 2.75) is 40.2 Å². The number of aromatic hydroxyl groups is 1. The van der Waals surface area contributed by atoms with Crippen molar-refractivity contribution in [2.24, 2.45) is 0 Å². The summed E-state index contributed by atoms with van der Waals surface area (Å²) in [7, 11) is 0. The van der Waals surface area contributed by atoms with E-state index in [9.17, 15) is 15.2 Å². The number of hydrogen-bond acceptors (Lipinski definition) is 5. The maximum absolute atomic E-state index is 12.6. The van der Waals surface area contributed by atoms with Crippen LogP contribution >= 0.6 is 11.6 Å². The van der Waals surface area contributed by atoms with E-state index in [1.807, 2.05) is 13.0 Å². The third-order valence-electron chi connectivity index (χ3n) is 3.61. The van der Waals surface area contributed by atoms with Gasteiger partial charge in [0.1, 0.15) is 17.3 Å². The lowest BCUT2D eigenvalue weighted by molar-refractivity contribution is 0.399. The number of nitrogens with zero attached hydrogens (tertiary/aromatic N) is 2. The van der Waals surface area contributed by atoms with Gasteiger partial charge in [-0.25, -0.2) is 0 Å². The van der Waals surface area contributed by atoms with E-state index in [0.29, 0.717) is 22.8 Å². The lowest BCUT2D eigenvalue weighted by Gasteiger charge is -2.17. The highest BCUT2D eigenvalue weighted by Crippen LogP contribution is 2.23. The number of hydrogen-bond donors (Lipinski definition) is 3. The van der Waals surface area contributed by atoms with Gasteiger partial charge in [0.2, 0.25) is 5.88 Å². The Bertz CT molecular complexity index is 801. The standard InChI is InChI=1S/C18H23ClN4O2/c1-5-7-10-23-17(24)15(11-20)13(4)16(18(23)25)22-21-12(3)8-9-14(19)6-2/h6,8-9,21-22,24H,2,5,7,10H2,1,3-4H3/b12-8+,14-9+. The van der Waals surface area contributed by atoms with Crippen LogP contribution in [0.25, 0.3) is 0 Å². The molecular formula is C18H23ClN4O2. The molecule has 0 unspecified atom stereocenters. The first-order valence-electron chi connectivity index (χ1n) is 7.92. The van der Waals surface area contributed by atoms with Crippen LogP contribution in [-0.4, -0.2) is 9.67 Å². The van der Waals surface area contributed by atoms with Gasteiger partial charge in [0.05, 0.1) is 0 Å². The summed E-state index contributed by atoms with van der Waals surface area (Å²) in [5.41, 5.74) is 6.71. The molecule has 0 aliphatic heterocycles. The molecule has 0 saturated carbocycles. The smallest absolute Gasteiger partial charge is 0.278 e. The second kappa shape index (κ2) is 9.60. The molecule has 0 saturated heterocycles. The number of rotatable bonds is 8. The highest BCUT2D eigenvalue weighted by Gasteiger charge is 2.18. The zero-order chi connectivity index (χ0) is 19.0. The zero-order valence-electron chi connectivity index (χ0n) is 14.7. The molecule has 7 heteroatoms. The molecule has 134 valence electrons. The molecule has 0 spiro atoms. The topological polar surface area (TPSA) is 90.1 Å². The predicted molar refractivity (Wildman–Crippen MR) is 101 cm³/mol. The highest BCUT2D eigenvalue weighted by atomic mass is 35.5. The summed E-state index contributed by atoms with van der Waals surface area (Å²) >= 11 is 5.84. The van der Waals surface area contributed by atoms with Crippen LogP contribution in [0.4, 0.5) is 5.69 Å². The molecule has 0 radical (unpaired) electrons. The van der Waals surface area contributed by atoms with Crippen LogP contribution in [0.3, 0.4) is 0 Å². The summed E-state index contributed by atoms with van der Waals surface area (Å²) in [5.74, 6) is -0.294. The number of unbranched alkanes of at least 4 members (excludes halogenated alkanes) is 1. The summed E-state index contributed by atoms with van der Waals surface area (Å²) in [6.45, 7) is 9.28. The summed E-state index contributed by atoms with van der Waals surface area (Å²) in [4.78, 5) is 12.6. The molecule has 6 nitrogen and oxygen atoms in total. The van der Waals surface area contributed by atoms with Gasteiger partial charge in [-0.3, -0.25) is 14.8 Å². The van der Waals surface area contributed by atoms with Gasteiger partial charge in [-0.2, -0.15) is 5.26 Å². The van der Waals surface area contributed by atoms with Crippen LogP contribution in [0.1, 0.15) is 37.8 Å². The lowest BCUT2D eigenvalue weighted by Crippen LogP contribution is -2.30. The minimum atomic E-state index is -0.387. The van der Waals surface area contributed by atoms with E-state index in [4.69, 9.17) is 11.6 Å². The number of anilines is 1. The second-order valence-electron chi connectivity index (χ2n) is 5.48. The van der Waals surface area contributed by atoms with Crippen LogP contribution < -0.4 is 16.4 Å². The quantitative estimate of drug-likeness (QED) is 0.485. The zero-order valence-corrected chi connectivity index (χ0v) is 15.4. The van der Waals surface area contributed by atoms with Crippen molar-refractivity contribution in [1.82, 2.24) is 9.99 Å². The molecule has 1 aromatic heterocycles. The van der Waals surface area contributed by atoms with Crippen molar-refractivity contribution in [1.29, 1.82) is 5.26 Å². The second-order valence-corrected chi connectivity index (χ2v) is 5.91. The number of hydrazine groups is 1. The summed E-state index contributed by atoms with van der Waals surface area (Å²) in [6, 6.07) is 1.95. The van der Waals surface area contributed by atoms with Crippen molar-refractivity contribution in [3.8, 4) is 11.9 Å². The molecule has 1 rings (SSSR count). The SMILES string of the molecule is C=C/C(Cl)=C\C=C(/C)NNc1c(C)c(C#N)c(O)n(CCCC)c1=O. The van der Waals surface area contributed by atoms with Crippen molar-refractivity contribution < 1.29 is 5.11 Å². The molecule has 0 fully saturated rings. The molecule has 0 aliphatic rings. The van der Waals surface area contributed by atoms with E-state index < -0.39 is 0 Å². The number of aromatic nitrogens is 1. The van der Waals surface area contributed by atoms with E-state index in [1.165, 1.54) is 10.6 Å². The fourth-order valence-corrected chi connectivity index (χ4v) is 2.16. The number of pyridine rings is 1. The van der Waals surface area contributed by atoms with E-state index in [2.05, 4.69) is 17.4 Å². The normalized spacial score (nSPS) is 11.8. The van der Waals surface area contributed by atoms with Gasteiger partial charge in [-0.05, 0) is 32.4 Å². The summed E-state index contributed by atoms with van der Waals surface area (Å²) in [6.07, 6.45) is 6.46. The van der Waals surface area contributed by atoms with Gasteiger partial charge in [0.25, 0.3) is 5.56 Å². The van der Waals surface area contributed by atoms with Crippen molar-refractivity contribution in [2.75, 3.05) is 5.43 Å². The van der Waals surface area contributed by atoms with Gasteiger partial charge in [0.15, 0.2) is 0 Å². The van der Waals surface area contributed by atoms with Crippen LogP contribution in [0.5, 0.6) is 5.88 Å². The molecule has 1 heterocycles. The predicted octanol–water partition coefficient (Wildman–Crippen LogP) is 3.66. The van der Waals surface area contributed by atoms with Gasteiger partial charge >= 0.3 is 0 Å². The van der Waals surface area contributed by atoms with Gasteiger partial charge < -0.3 is 10.5 Å². The molecular weight excluding hydrogens is 340 g/mol. The number of nitriles is 1. The van der Waals surface area contributed by atoms with Crippen LogP contribution in [-0.2, 0) is 6.54 Å². The van der Waals surface area contributed by atoms with E-state index in [0.717, 1.165) is 12.8 Å². The minimum Gasteiger partial charge on any atom is -0.493 e. The third kappa shape index (κ3) is 5.16. The fraction of sp³-hybridized carbons (Fsp3) is 0.333. The first-order valence-corrected chi connectivity index (χ1v) is 8.30. The Morgan fingerprint density at radius 3 is 2.72 bits per heavy atom. The van der Waals surface area contributed by atoms with Crippen molar-refractivity contribution in [3.05, 3.63) is 57.0 Å². The number of nitrogens with one attached hydrogen (secondary N) is 2. The van der Waals surface area contributed by atoms with Gasteiger partial charge in [-0.15, -0.1) is 0 Å². The third-order valence-corrected chi connectivity index (χ3v) is 3.89. The Kier molecular flexibility index (Phi) is 7.83. The minimum absolute atomic E-state index is 0.0798. The number of allylic oxidation sites excluding steroid dienone is 5. The number of halogens is 1. The average Bonchev–Trinajstić information content (AvgIpc) is 2.59. The van der Waals surface area contributed by atoms with Crippen LogP contribution in [0.15, 0.2) is 40.3 Å². The molecule has 0 aromatic carbocycles. The first kappa shape index (κ1) is 20.4. The van der Waals surface area contributed by atoms with Crippen molar-refractivity contribution >= 4 is 17.3 Å². The Morgan fingerprint density at radius 1 is 1.48 bits per heavy atom. The molecule has 25 heavy (non-hydrogen) atoms. The Labute approximate surface area is 152 Å². The molecule has 0 atom stereocenters. The summed E-state index contributed by atoms with van der Waals surface area (Å²) < 4.78 is 1.21. The highest BCUT2D eigenvalue weighted by molar-refractivity contribution is 6.31. The maximum atomic E-state index is 12.6. The Hall–Kier alpha value is -2.65. The van der Waals surface area contributed by atoms with Crippen LogP contribution in [0.2, 0.25) is 0 Å².